The minimum Gasteiger partial charge on any atom is -0.478 e. The van der Waals surface area contributed by atoms with E-state index in [1.807, 2.05) is 30.3 Å². The number of carbonyl (C=O) groups excluding carboxylic acids is 1. The molecule has 1 atom stereocenters. The number of nitrogens with one attached hydrogen (secondary N) is 1. The zero-order valence-corrected chi connectivity index (χ0v) is 15.4. The number of nitrogen functional groups attached to an aromatic ring is 1. The molecule has 0 spiro atoms. The number of benzene rings is 1. The van der Waals surface area contributed by atoms with E-state index in [0.717, 1.165) is 16.9 Å². The smallest absolute Gasteiger partial charge is 0.338 e. The lowest BCUT2D eigenvalue weighted by molar-refractivity contribution is 0.0697. The molecular weight excluding hydrogens is 364 g/mol. The van der Waals surface area contributed by atoms with Crippen LogP contribution in [0.25, 0.3) is 0 Å². The number of hydrogen-bond donors (Lipinski definition) is 4. The lowest BCUT2D eigenvalue weighted by atomic mass is 9.65. The van der Waals surface area contributed by atoms with Crippen LogP contribution in [0.15, 0.2) is 35.4 Å². The van der Waals surface area contributed by atoms with Gasteiger partial charge in [0.2, 0.25) is 0 Å². The predicted molar refractivity (Wildman–Crippen MR) is 106 cm³/mol. The van der Waals surface area contributed by atoms with E-state index in [-0.39, 0.29) is 22.1 Å². The summed E-state index contributed by atoms with van der Waals surface area (Å²) in [5, 5.41) is 20.9. The van der Waals surface area contributed by atoms with Gasteiger partial charge in [-0.1, -0.05) is 30.3 Å². The molecule has 0 fully saturated rings. The minimum atomic E-state index is -1.11. The van der Waals surface area contributed by atoms with E-state index in [0.29, 0.717) is 36.1 Å². The van der Waals surface area contributed by atoms with Crippen LogP contribution in [0.1, 0.15) is 50.4 Å². The van der Waals surface area contributed by atoms with E-state index in [9.17, 15) is 14.7 Å². The van der Waals surface area contributed by atoms with Gasteiger partial charge >= 0.3 is 5.97 Å². The van der Waals surface area contributed by atoms with E-state index in [1.54, 1.807) is 0 Å². The number of hydrazone groups is 1. The van der Waals surface area contributed by atoms with E-state index < -0.39 is 11.4 Å². The highest BCUT2D eigenvalue weighted by Crippen LogP contribution is 2.46. The molecule has 6 N–H and O–H groups in total. The van der Waals surface area contributed by atoms with E-state index in [1.165, 1.54) is 6.21 Å². The van der Waals surface area contributed by atoms with Crippen LogP contribution in [-0.4, -0.2) is 28.8 Å². The van der Waals surface area contributed by atoms with E-state index in [2.05, 4.69) is 5.10 Å². The molecule has 1 heterocycles. The van der Waals surface area contributed by atoms with Crippen LogP contribution in [0.5, 0.6) is 0 Å². The van der Waals surface area contributed by atoms with Crippen molar-refractivity contribution in [1.82, 2.24) is 0 Å². The Labute approximate surface area is 160 Å². The number of carbonyl (C=O) groups is 2. The van der Waals surface area contributed by atoms with Gasteiger partial charge in [-0.15, -0.1) is 11.3 Å². The molecule has 0 aliphatic heterocycles. The van der Waals surface area contributed by atoms with Crippen molar-refractivity contribution < 1.29 is 14.7 Å². The third-order valence-electron chi connectivity index (χ3n) is 5.07. The average molecular weight is 384 g/mol. The van der Waals surface area contributed by atoms with Crippen molar-refractivity contribution in [2.75, 3.05) is 5.73 Å². The third kappa shape index (κ3) is 3.23. The van der Waals surface area contributed by atoms with Gasteiger partial charge in [-0.05, 0) is 36.8 Å². The fraction of sp³-hybridized carbons (Fsp3) is 0.263. The summed E-state index contributed by atoms with van der Waals surface area (Å²) in [5.41, 5.74) is 6.75. The summed E-state index contributed by atoms with van der Waals surface area (Å²) in [6.07, 6.45) is 2.93. The summed E-state index contributed by atoms with van der Waals surface area (Å²) >= 11 is 1.04. The second-order valence-electron chi connectivity index (χ2n) is 6.53. The van der Waals surface area contributed by atoms with Gasteiger partial charge < -0.3 is 22.1 Å². The Balaban J connectivity index is 2.07. The fourth-order valence-corrected chi connectivity index (χ4v) is 4.88. The normalized spacial score (nSPS) is 19.2. The maximum atomic E-state index is 13.5. The zero-order chi connectivity index (χ0) is 19.6. The number of thiophene rings is 1. The Hall–Kier alpha value is -3.00. The monoisotopic (exact) mass is 384 g/mol. The minimum absolute atomic E-state index is 0.0491. The van der Waals surface area contributed by atoms with Crippen molar-refractivity contribution in [3.63, 3.8) is 0 Å². The summed E-state index contributed by atoms with van der Waals surface area (Å²) in [7, 11) is 0. The lowest BCUT2D eigenvalue weighted by Gasteiger charge is -2.36. The van der Waals surface area contributed by atoms with Crippen molar-refractivity contribution in [1.29, 1.82) is 5.41 Å². The first-order valence-corrected chi connectivity index (χ1v) is 9.28. The number of nitrogens with two attached hydrogens (primary N) is 2. The fourth-order valence-electron chi connectivity index (χ4n) is 3.73. The number of Topliss-reactive ketones (excluding diaryl/α,β-unsaturated/α-hetero) is 1. The van der Waals surface area contributed by atoms with Gasteiger partial charge in [-0.2, -0.15) is 5.10 Å². The number of nitrogens with zero attached hydrogens (tertiary/aromatic N) is 1. The highest BCUT2D eigenvalue weighted by molar-refractivity contribution is 7.18. The SMILES string of the molecule is N=C(/C=N\N)CCC1(c2ccccc2)CCc2c(sc(N)c2C(=O)O)C1=O. The molecular formula is C19H20N4O3S. The average Bonchev–Trinajstić information content (AvgIpc) is 2.99. The lowest BCUT2D eigenvalue weighted by Crippen LogP contribution is -2.40. The molecule has 7 nitrogen and oxygen atoms in total. The first-order chi connectivity index (χ1) is 12.9. The van der Waals surface area contributed by atoms with Crippen LogP contribution in [0, 0.1) is 5.41 Å². The number of hydrogen-bond acceptors (Lipinski definition) is 7. The van der Waals surface area contributed by atoms with Crippen LogP contribution in [0.4, 0.5) is 5.00 Å². The van der Waals surface area contributed by atoms with Crippen LogP contribution >= 0.6 is 11.3 Å². The first kappa shape index (κ1) is 18.8. The molecule has 1 unspecified atom stereocenters. The summed E-state index contributed by atoms with van der Waals surface area (Å²) < 4.78 is 0. The van der Waals surface area contributed by atoms with Gasteiger partial charge in [-0.3, -0.25) is 4.79 Å². The Kier molecular flexibility index (Phi) is 5.09. The van der Waals surface area contributed by atoms with Gasteiger partial charge in [0.25, 0.3) is 0 Å². The largest absolute Gasteiger partial charge is 0.478 e. The molecule has 1 aliphatic carbocycles. The highest BCUT2D eigenvalue weighted by Gasteiger charge is 2.46. The molecule has 2 aromatic rings. The van der Waals surface area contributed by atoms with Crippen molar-refractivity contribution in [3.8, 4) is 0 Å². The number of carboxylic acid groups (broad SMARTS) is 1. The molecule has 8 heteroatoms. The maximum Gasteiger partial charge on any atom is 0.338 e. The van der Waals surface area contributed by atoms with Gasteiger partial charge in [0.05, 0.1) is 27.8 Å². The van der Waals surface area contributed by atoms with Crippen molar-refractivity contribution >= 4 is 40.0 Å². The molecule has 1 aliphatic rings. The Bertz CT molecular complexity index is 936. The molecule has 27 heavy (non-hydrogen) atoms. The Morgan fingerprint density at radius 3 is 2.70 bits per heavy atom. The second-order valence-corrected chi connectivity index (χ2v) is 7.59. The number of fused-ring (bicyclic) bond motifs is 1. The Morgan fingerprint density at radius 2 is 2.07 bits per heavy atom. The quantitative estimate of drug-likeness (QED) is 0.344. The van der Waals surface area contributed by atoms with Gasteiger partial charge in [0.15, 0.2) is 5.78 Å². The summed E-state index contributed by atoms with van der Waals surface area (Å²) in [6, 6.07) is 9.43. The molecule has 0 radical (unpaired) electrons. The standard InChI is InChI=1S/C19H20N4O3S/c20-12(10-23-22)6-8-19(11-4-2-1-3-5-11)9-7-13-14(18(25)26)17(21)27-15(13)16(19)24/h1-5,10,20H,6-9,21-22H2,(H,25,26)/b20-12?,23-10-. The van der Waals surface area contributed by atoms with Gasteiger partial charge in [0, 0.05) is 0 Å². The van der Waals surface area contributed by atoms with Crippen molar-refractivity contribution in [3.05, 3.63) is 51.9 Å². The molecule has 1 aromatic heterocycles. The molecule has 0 saturated carbocycles. The topological polar surface area (TPSA) is 143 Å². The van der Waals surface area contributed by atoms with Crippen molar-refractivity contribution in [2.45, 2.75) is 31.1 Å². The van der Waals surface area contributed by atoms with Crippen molar-refractivity contribution in [2.24, 2.45) is 10.9 Å². The van der Waals surface area contributed by atoms with Gasteiger partial charge in [0.1, 0.15) is 5.00 Å². The maximum absolute atomic E-state index is 13.5. The molecule has 1 aromatic carbocycles. The molecule has 3 rings (SSSR count). The summed E-state index contributed by atoms with van der Waals surface area (Å²) in [5.74, 6) is 3.88. The van der Waals surface area contributed by atoms with E-state index >= 15 is 0 Å². The van der Waals surface area contributed by atoms with Crippen LogP contribution < -0.4 is 11.6 Å². The summed E-state index contributed by atoms with van der Waals surface area (Å²) in [6.45, 7) is 0. The molecule has 0 saturated heterocycles. The van der Waals surface area contributed by atoms with Gasteiger partial charge in [-0.25, -0.2) is 4.79 Å². The number of rotatable bonds is 6. The molecule has 140 valence electrons. The highest BCUT2D eigenvalue weighted by atomic mass is 32.1. The number of aromatic carboxylic acids is 1. The number of anilines is 1. The summed E-state index contributed by atoms with van der Waals surface area (Å²) in [4.78, 5) is 25.5. The first-order valence-electron chi connectivity index (χ1n) is 8.46. The number of ketones is 1. The predicted octanol–water partition coefficient (Wildman–Crippen LogP) is 2.84. The Morgan fingerprint density at radius 1 is 1.37 bits per heavy atom. The van der Waals surface area contributed by atoms with E-state index in [4.69, 9.17) is 17.0 Å². The van der Waals surface area contributed by atoms with Crippen LogP contribution in [-0.2, 0) is 11.8 Å². The van der Waals surface area contributed by atoms with Crippen LogP contribution in [0.3, 0.4) is 0 Å². The van der Waals surface area contributed by atoms with Crippen LogP contribution in [0.2, 0.25) is 0 Å². The molecule has 0 amide bonds. The molecule has 0 bridgehead atoms. The number of carboxylic acids is 1. The zero-order valence-electron chi connectivity index (χ0n) is 14.6. The second kappa shape index (κ2) is 7.32. The third-order valence-corrected chi connectivity index (χ3v) is 6.13.